The molecule has 7 nitrogen and oxygen atoms in total. The average molecular weight is 349 g/mol. The van der Waals surface area contributed by atoms with Gasteiger partial charge in [-0.3, -0.25) is 4.68 Å². The second-order valence-corrected chi connectivity index (χ2v) is 8.47. The second kappa shape index (κ2) is 6.25. The first-order valence-corrected chi connectivity index (χ1v) is 9.98. The predicted octanol–water partition coefficient (Wildman–Crippen LogP) is 2.33. The quantitative estimate of drug-likeness (QED) is 0.846. The van der Waals surface area contributed by atoms with Crippen molar-refractivity contribution in [3.05, 3.63) is 29.8 Å². The summed E-state index contributed by atoms with van der Waals surface area (Å²) in [5, 5.41) is 4.35. The van der Waals surface area contributed by atoms with Crippen molar-refractivity contribution < 1.29 is 8.42 Å². The van der Waals surface area contributed by atoms with Gasteiger partial charge in [0.2, 0.25) is 10.0 Å². The van der Waals surface area contributed by atoms with Gasteiger partial charge in [-0.25, -0.2) is 18.4 Å². The lowest BCUT2D eigenvalue weighted by atomic mass is 10.2. The lowest BCUT2D eigenvalue weighted by Gasteiger charge is -2.21. The Labute approximate surface area is 142 Å². The van der Waals surface area contributed by atoms with Crippen molar-refractivity contribution in [1.29, 1.82) is 0 Å². The zero-order valence-corrected chi connectivity index (χ0v) is 15.3. The van der Waals surface area contributed by atoms with Crippen LogP contribution in [0.15, 0.2) is 18.3 Å². The van der Waals surface area contributed by atoms with Gasteiger partial charge in [0.1, 0.15) is 5.82 Å². The smallest absolute Gasteiger partial charge is 0.211 e. The molecule has 3 rings (SSSR count). The molecule has 130 valence electrons. The number of rotatable bonds is 4. The Morgan fingerprint density at radius 1 is 1.29 bits per heavy atom. The fourth-order valence-electron chi connectivity index (χ4n) is 3.20. The molecule has 0 spiro atoms. The first-order chi connectivity index (χ1) is 11.3. The third-order valence-electron chi connectivity index (χ3n) is 4.22. The molecule has 24 heavy (non-hydrogen) atoms. The molecule has 0 saturated carbocycles. The lowest BCUT2D eigenvalue weighted by molar-refractivity contribution is 0.386. The van der Waals surface area contributed by atoms with Crippen LogP contribution >= 0.6 is 0 Å². The monoisotopic (exact) mass is 349 g/mol. The molecule has 0 N–H and O–H groups in total. The molecular weight excluding hydrogens is 326 g/mol. The van der Waals surface area contributed by atoms with Gasteiger partial charge in [-0.15, -0.1) is 0 Å². The molecule has 1 fully saturated rings. The summed E-state index contributed by atoms with van der Waals surface area (Å²) in [5.74, 6) is 0.574. The van der Waals surface area contributed by atoms with Crippen molar-refractivity contribution in [1.82, 2.24) is 24.1 Å². The second-order valence-electron chi connectivity index (χ2n) is 6.54. The van der Waals surface area contributed by atoms with Crippen LogP contribution in [0.4, 0.5) is 0 Å². The molecule has 1 aliphatic rings. The van der Waals surface area contributed by atoms with E-state index in [0.717, 1.165) is 29.9 Å². The van der Waals surface area contributed by atoms with Crippen LogP contribution in [0.1, 0.15) is 50.3 Å². The topological polar surface area (TPSA) is 81.0 Å². The third kappa shape index (κ3) is 3.21. The number of aromatic nitrogens is 4. The van der Waals surface area contributed by atoms with Crippen molar-refractivity contribution in [3.8, 4) is 11.4 Å². The summed E-state index contributed by atoms with van der Waals surface area (Å²) in [5.41, 5.74) is 2.52. The molecule has 2 aromatic rings. The molecule has 0 unspecified atom stereocenters. The average Bonchev–Trinajstić information content (AvgIpc) is 3.15. The standard InChI is InChI=1S/C16H23N5O2S/c1-11(2)21-14(7-8-17-21)13-10-12(3)18-16(19-13)15-6-5-9-20(15)24(4,22)23/h7-8,10-11,15H,5-6,9H2,1-4H3/t15-/m0/s1. The summed E-state index contributed by atoms with van der Waals surface area (Å²) in [7, 11) is -3.27. The molecule has 0 amide bonds. The number of hydrogen-bond donors (Lipinski definition) is 0. The van der Waals surface area contributed by atoms with Gasteiger partial charge in [0.05, 0.1) is 23.7 Å². The zero-order valence-electron chi connectivity index (χ0n) is 14.5. The van der Waals surface area contributed by atoms with Crippen molar-refractivity contribution in [2.24, 2.45) is 0 Å². The fraction of sp³-hybridized carbons (Fsp3) is 0.562. The number of nitrogens with zero attached hydrogens (tertiary/aromatic N) is 5. The van der Waals surface area contributed by atoms with Crippen LogP contribution in [0.2, 0.25) is 0 Å². The van der Waals surface area contributed by atoms with Gasteiger partial charge in [-0.1, -0.05) is 0 Å². The summed E-state index contributed by atoms with van der Waals surface area (Å²) < 4.78 is 27.4. The molecule has 8 heteroatoms. The van der Waals surface area contributed by atoms with E-state index in [1.807, 2.05) is 23.7 Å². The van der Waals surface area contributed by atoms with E-state index in [9.17, 15) is 8.42 Å². The summed E-state index contributed by atoms with van der Waals surface area (Å²) in [6, 6.07) is 3.77. The Balaban J connectivity index is 2.05. The van der Waals surface area contributed by atoms with Gasteiger partial charge in [0.25, 0.3) is 0 Å². The summed E-state index contributed by atoms with van der Waals surface area (Å²) in [6.07, 6.45) is 4.58. The highest BCUT2D eigenvalue weighted by molar-refractivity contribution is 7.88. The molecule has 1 atom stereocenters. The first-order valence-electron chi connectivity index (χ1n) is 8.13. The van der Waals surface area contributed by atoms with Crippen LogP contribution in [0.5, 0.6) is 0 Å². The Bertz CT molecular complexity index is 844. The van der Waals surface area contributed by atoms with Crippen LogP contribution in [0.25, 0.3) is 11.4 Å². The van der Waals surface area contributed by atoms with E-state index in [-0.39, 0.29) is 12.1 Å². The van der Waals surface area contributed by atoms with E-state index < -0.39 is 10.0 Å². The van der Waals surface area contributed by atoms with Crippen molar-refractivity contribution in [2.75, 3.05) is 12.8 Å². The van der Waals surface area contributed by atoms with E-state index in [1.54, 1.807) is 6.20 Å². The van der Waals surface area contributed by atoms with Crippen molar-refractivity contribution in [3.63, 3.8) is 0 Å². The third-order valence-corrected chi connectivity index (χ3v) is 5.51. The number of aryl methyl sites for hydroxylation is 1. The van der Waals surface area contributed by atoms with Gasteiger partial charge >= 0.3 is 0 Å². The summed E-state index contributed by atoms with van der Waals surface area (Å²) >= 11 is 0. The Kier molecular flexibility index (Phi) is 4.44. The minimum absolute atomic E-state index is 0.215. The molecule has 3 heterocycles. The predicted molar refractivity (Wildman–Crippen MR) is 91.9 cm³/mol. The molecule has 2 aromatic heterocycles. The summed E-state index contributed by atoms with van der Waals surface area (Å²) in [4.78, 5) is 9.20. The van der Waals surface area contributed by atoms with Crippen molar-refractivity contribution in [2.45, 2.75) is 45.7 Å². The number of hydrogen-bond acceptors (Lipinski definition) is 5. The lowest BCUT2D eigenvalue weighted by Crippen LogP contribution is -2.30. The molecule has 0 aliphatic carbocycles. The maximum atomic E-state index is 12.0. The first kappa shape index (κ1) is 17.0. The zero-order chi connectivity index (χ0) is 17.5. The minimum atomic E-state index is -3.27. The Hall–Kier alpha value is -1.80. The van der Waals surface area contributed by atoms with E-state index in [2.05, 4.69) is 28.9 Å². The highest BCUT2D eigenvalue weighted by Crippen LogP contribution is 2.33. The van der Waals surface area contributed by atoms with E-state index in [0.29, 0.717) is 12.4 Å². The van der Waals surface area contributed by atoms with Crippen LogP contribution in [-0.2, 0) is 10.0 Å². The highest BCUT2D eigenvalue weighted by atomic mass is 32.2. The highest BCUT2D eigenvalue weighted by Gasteiger charge is 2.34. The van der Waals surface area contributed by atoms with E-state index in [4.69, 9.17) is 0 Å². The van der Waals surface area contributed by atoms with Gasteiger partial charge in [-0.2, -0.15) is 9.40 Å². The summed E-state index contributed by atoms with van der Waals surface area (Å²) in [6.45, 7) is 6.56. The van der Waals surface area contributed by atoms with E-state index in [1.165, 1.54) is 10.6 Å². The van der Waals surface area contributed by atoms with Gasteiger partial charge in [0.15, 0.2) is 0 Å². The Morgan fingerprint density at radius 3 is 2.71 bits per heavy atom. The van der Waals surface area contributed by atoms with Gasteiger partial charge < -0.3 is 0 Å². The van der Waals surface area contributed by atoms with Crippen LogP contribution in [0, 0.1) is 6.92 Å². The molecule has 0 bridgehead atoms. The van der Waals surface area contributed by atoms with Gasteiger partial charge in [0, 0.05) is 24.5 Å². The van der Waals surface area contributed by atoms with E-state index >= 15 is 0 Å². The molecule has 0 aromatic carbocycles. The fourth-order valence-corrected chi connectivity index (χ4v) is 4.32. The van der Waals surface area contributed by atoms with Crippen molar-refractivity contribution >= 4 is 10.0 Å². The molecule has 0 radical (unpaired) electrons. The SMILES string of the molecule is Cc1cc(-c2ccnn2C(C)C)nc([C@@H]2CCCN2S(C)(=O)=O)n1. The maximum Gasteiger partial charge on any atom is 0.211 e. The maximum absolute atomic E-state index is 12.0. The number of sulfonamides is 1. The van der Waals surface area contributed by atoms with Crippen LogP contribution < -0.4 is 0 Å². The largest absolute Gasteiger partial charge is 0.261 e. The molecular formula is C16H23N5O2S. The normalized spacial score (nSPS) is 19.3. The van der Waals surface area contributed by atoms with Crippen LogP contribution in [-0.4, -0.2) is 45.3 Å². The molecule has 1 aliphatic heterocycles. The Morgan fingerprint density at radius 2 is 2.04 bits per heavy atom. The molecule has 1 saturated heterocycles. The minimum Gasteiger partial charge on any atom is -0.261 e. The van der Waals surface area contributed by atoms with Crippen LogP contribution in [0.3, 0.4) is 0 Å². The van der Waals surface area contributed by atoms with Gasteiger partial charge in [-0.05, 0) is 45.7 Å².